The third-order valence-electron chi connectivity index (χ3n) is 3.75. The average molecular weight is 349 g/mol. The van der Waals surface area contributed by atoms with Gasteiger partial charge in [0.25, 0.3) is 0 Å². The third kappa shape index (κ3) is 3.49. The number of halogens is 2. The summed E-state index contributed by atoms with van der Waals surface area (Å²) in [7, 11) is 0. The molecule has 1 aliphatic rings. The first kappa shape index (κ1) is 15.8. The van der Waals surface area contributed by atoms with Crippen molar-refractivity contribution in [3.63, 3.8) is 0 Å². The van der Waals surface area contributed by atoms with Crippen LogP contribution >= 0.6 is 23.2 Å². The molecular formula is C17H14Cl2N2O2. The van der Waals surface area contributed by atoms with Gasteiger partial charge in [0.15, 0.2) is 0 Å². The van der Waals surface area contributed by atoms with Gasteiger partial charge in [0, 0.05) is 24.3 Å². The van der Waals surface area contributed by atoms with Crippen LogP contribution in [0, 0.1) is 5.92 Å². The molecule has 0 unspecified atom stereocenters. The lowest BCUT2D eigenvalue weighted by Gasteiger charge is -2.16. The molecule has 1 N–H and O–H groups in total. The van der Waals surface area contributed by atoms with Gasteiger partial charge >= 0.3 is 0 Å². The summed E-state index contributed by atoms with van der Waals surface area (Å²) in [4.78, 5) is 26.2. The molecule has 2 aromatic rings. The Morgan fingerprint density at radius 1 is 1.09 bits per heavy atom. The second kappa shape index (κ2) is 6.60. The molecule has 0 radical (unpaired) electrons. The molecule has 2 amide bonds. The highest BCUT2D eigenvalue weighted by atomic mass is 35.5. The number of benzene rings is 2. The molecule has 3 rings (SSSR count). The minimum absolute atomic E-state index is 0.0505. The first-order valence-electron chi connectivity index (χ1n) is 7.16. The SMILES string of the molecule is O=C(Nc1ccc(Cl)c(Cl)c1)[C@H]1CC(=O)N(c2ccccc2)C1. The fourth-order valence-electron chi connectivity index (χ4n) is 2.56. The molecule has 0 bridgehead atoms. The molecule has 0 aromatic heterocycles. The molecule has 0 aliphatic carbocycles. The zero-order valence-corrected chi connectivity index (χ0v) is 13.6. The first-order chi connectivity index (χ1) is 11.0. The average Bonchev–Trinajstić information content (AvgIpc) is 2.94. The molecule has 0 saturated carbocycles. The highest BCUT2D eigenvalue weighted by Crippen LogP contribution is 2.28. The normalized spacial score (nSPS) is 17.4. The van der Waals surface area contributed by atoms with Crippen molar-refractivity contribution < 1.29 is 9.59 Å². The molecule has 1 atom stereocenters. The molecular weight excluding hydrogens is 335 g/mol. The van der Waals surface area contributed by atoms with E-state index in [1.165, 1.54) is 0 Å². The van der Waals surface area contributed by atoms with Crippen LogP contribution in [0.2, 0.25) is 10.0 Å². The number of nitrogens with one attached hydrogen (secondary N) is 1. The van der Waals surface area contributed by atoms with E-state index in [1.807, 2.05) is 30.3 Å². The van der Waals surface area contributed by atoms with Gasteiger partial charge in [0.2, 0.25) is 11.8 Å². The molecule has 1 saturated heterocycles. The van der Waals surface area contributed by atoms with Crippen LogP contribution in [0.1, 0.15) is 6.42 Å². The van der Waals surface area contributed by atoms with Crippen molar-refractivity contribution in [3.05, 3.63) is 58.6 Å². The first-order valence-corrected chi connectivity index (χ1v) is 7.91. The molecule has 0 spiro atoms. The van der Waals surface area contributed by atoms with Crippen LogP contribution in [0.4, 0.5) is 11.4 Å². The highest BCUT2D eigenvalue weighted by molar-refractivity contribution is 6.42. The topological polar surface area (TPSA) is 49.4 Å². The summed E-state index contributed by atoms with van der Waals surface area (Å²) < 4.78 is 0. The lowest BCUT2D eigenvalue weighted by atomic mass is 10.1. The van der Waals surface area contributed by atoms with Gasteiger partial charge in [-0.25, -0.2) is 0 Å². The molecule has 23 heavy (non-hydrogen) atoms. The largest absolute Gasteiger partial charge is 0.326 e. The molecule has 1 fully saturated rings. The van der Waals surface area contributed by atoms with Gasteiger partial charge in [-0.15, -0.1) is 0 Å². The molecule has 4 nitrogen and oxygen atoms in total. The maximum absolute atomic E-state index is 12.4. The quantitative estimate of drug-likeness (QED) is 0.911. The summed E-state index contributed by atoms with van der Waals surface area (Å²) in [5.74, 6) is -0.641. The van der Waals surface area contributed by atoms with E-state index in [9.17, 15) is 9.59 Å². The van der Waals surface area contributed by atoms with E-state index < -0.39 is 5.92 Å². The maximum Gasteiger partial charge on any atom is 0.229 e. The number of hydrogen-bond acceptors (Lipinski definition) is 2. The number of carbonyl (C=O) groups is 2. The van der Waals surface area contributed by atoms with Crippen molar-refractivity contribution in [2.24, 2.45) is 5.92 Å². The number of nitrogens with zero attached hydrogens (tertiary/aromatic N) is 1. The Bertz CT molecular complexity index is 750. The lowest BCUT2D eigenvalue weighted by Crippen LogP contribution is -2.28. The minimum atomic E-state index is -0.392. The molecule has 1 heterocycles. The molecule has 1 aliphatic heterocycles. The zero-order valence-electron chi connectivity index (χ0n) is 12.1. The summed E-state index contributed by atoms with van der Waals surface area (Å²) in [6.07, 6.45) is 0.196. The van der Waals surface area contributed by atoms with Gasteiger partial charge in [-0.05, 0) is 30.3 Å². The van der Waals surface area contributed by atoms with Crippen molar-refractivity contribution in [1.29, 1.82) is 0 Å². The van der Waals surface area contributed by atoms with Crippen LogP contribution in [0.3, 0.4) is 0 Å². The number of carbonyl (C=O) groups excluding carboxylic acids is 2. The molecule has 6 heteroatoms. The summed E-state index contributed by atoms with van der Waals surface area (Å²) in [5, 5.41) is 3.58. The third-order valence-corrected chi connectivity index (χ3v) is 4.49. The van der Waals surface area contributed by atoms with Crippen LogP contribution < -0.4 is 10.2 Å². The van der Waals surface area contributed by atoms with Crippen LogP contribution in [-0.2, 0) is 9.59 Å². The fraction of sp³-hybridized carbons (Fsp3) is 0.176. The van der Waals surface area contributed by atoms with E-state index in [-0.39, 0.29) is 18.2 Å². The van der Waals surface area contributed by atoms with E-state index in [0.717, 1.165) is 5.69 Å². The summed E-state index contributed by atoms with van der Waals surface area (Å²) in [6, 6.07) is 14.2. The molecule has 2 aromatic carbocycles. The van der Waals surface area contributed by atoms with E-state index in [1.54, 1.807) is 23.1 Å². The van der Waals surface area contributed by atoms with Gasteiger partial charge in [0.1, 0.15) is 0 Å². The van der Waals surface area contributed by atoms with Crippen molar-refractivity contribution in [2.45, 2.75) is 6.42 Å². The zero-order chi connectivity index (χ0) is 16.4. The standard InChI is InChI=1S/C17H14Cl2N2O2/c18-14-7-6-12(9-15(14)19)20-17(23)11-8-16(22)21(10-11)13-4-2-1-3-5-13/h1-7,9,11H,8,10H2,(H,20,23)/t11-/m0/s1. The van der Waals surface area contributed by atoms with E-state index >= 15 is 0 Å². The van der Waals surface area contributed by atoms with Crippen molar-refractivity contribution in [1.82, 2.24) is 0 Å². The van der Waals surface area contributed by atoms with Crippen LogP contribution in [0.5, 0.6) is 0 Å². The Morgan fingerprint density at radius 2 is 1.83 bits per heavy atom. The Hall–Kier alpha value is -2.04. The second-order valence-electron chi connectivity index (χ2n) is 5.36. The van der Waals surface area contributed by atoms with Crippen molar-refractivity contribution in [3.8, 4) is 0 Å². The number of rotatable bonds is 3. The Kier molecular flexibility index (Phi) is 4.55. The fourth-order valence-corrected chi connectivity index (χ4v) is 2.86. The van der Waals surface area contributed by atoms with Crippen LogP contribution in [0.15, 0.2) is 48.5 Å². The Morgan fingerprint density at radius 3 is 2.52 bits per heavy atom. The van der Waals surface area contributed by atoms with Crippen LogP contribution in [0.25, 0.3) is 0 Å². The van der Waals surface area contributed by atoms with E-state index in [4.69, 9.17) is 23.2 Å². The highest BCUT2D eigenvalue weighted by Gasteiger charge is 2.35. The van der Waals surface area contributed by atoms with Crippen LogP contribution in [-0.4, -0.2) is 18.4 Å². The van der Waals surface area contributed by atoms with Gasteiger partial charge in [-0.2, -0.15) is 0 Å². The predicted octanol–water partition coefficient (Wildman–Crippen LogP) is 3.99. The van der Waals surface area contributed by atoms with E-state index in [0.29, 0.717) is 22.3 Å². The minimum Gasteiger partial charge on any atom is -0.326 e. The van der Waals surface area contributed by atoms with Gasteiger partial charge in [-0.3, -0.25) is 9.59 Å². The molecule has 118 valence electrons. The monoisotopic (exact) mass is 348 g/mol. The van der Waals surface area contributed by atoms with Crippen molar-refractivity contribution >= 4 is 46.4 Å². The van der Waals surface area contributed by atoms with Gasteiger partial charge < -0.3 is 10.2 Å². The van der Waals surface area contributed by atoms with Gasteiger partial charge in [0.05, 0.1) is 16.0 Å². The Labute approximate surface area is 144 Å². The number of hydrogen-bond donors (Lipinski definition) is 1. The summed E-state index contributed by atoms with van der Waals surface area (Å²) >= 11 is 11.8. The smallest absolute Gasteiger partial charge is 0.229 e. The number of para-hydroxylation sites is 1. The van der Waals surface area contributed by atoms with Gasteiger partial charge in [-0.1, -0.05) is 41.4 Å². The van der Waals surface area contributed by atoms with E-state index in [2.05, 4.69) is 5.32 Å². The summed E-state index contributed by atoms with van der Waals surface area (Å²) in [6.45, 7) is 0.371. The van der Waals surface area contributed by atoms with Crippen molar-refractivity contribution in [2.75, 3.05) is 16.8 Å². The lowest BCUT2D eigenvalue weighted by molar-refractivity contribution is -0.122. The second-order valence-corrected chi connectivity index (χ2v) is 6.17. The number of amides is 2. The summed E-state index contributed by atoms with van der Waals surface area (Å²) in [5.41, 5.74) is 1.37. The maximum atomic E-state index is 12.4. The number of anilines is 2. The predicted molar refractivity (Wildman–Crippen MR) is 92.0 cm³/mol. The Balaban J connectivity index is 1.69.